The Morgan fingerprint density at radius 3 is 2.10 bits per heavy atom. The highest BCUT2D eigenvalue weighted by Gasteiger charge is 2.07. The van der Waals surface area contributed by atoms with Gasteiger partial charge in [-0.15, -0.1) is 0 Å². The van der Waals surface area contributed by atoms with Crippen molar-refractivity contribution >= 4 is 22.9 Å². The molecule has 0 aromatic rings. The maximum absolute atomic E-state index is 11.1. The summed E-state index contributed by atoms with van der Waals surface area (Å²) in [6.45, 7) is 16.4. The van der Waals surface area contributed by atoms with Crippen LogP contribution in [0, 0.1) is 11.3 Å². The molecule has 0 saturated carbocycles. The molecule has 0 saturated heterocycles. The lowest BCUT2D eigenvalue weighted by Gasteiger charge is -2.06. The smallest absolute Gasteiger partial charge is 0.159 e. The van der Waals surface area contributed by atoms with E-state index in [0.29, 0.717) is 27.2 Å². The zero-order valence-electron chi connectivity index (χ0n) is 12.7. The van der Waals surface area contributed by atoms with E-state index in [9.17, 15) is 10.1 Å². The van der Waals surface area contributed by atoms with Gasteiger partial charge in [-0.25, -0.2) is 0 Å². The molecule has 0 amide bonds. The summed E-state index contributed by atoms with van der Waals surface area (Å²) >= 11 is 5.02. The Bertz CT molecular complexity index is 637. The first-order chi connectivity index (χ1) is 9.74. The van der Waals surface area contributed by atoms with Crippen LogP contribution in [0.5, 0.6) is 0 Å². The van der Waals surface area contributed by atoms with Crippen LogP contribution in [0.1, 0.15) is 20.8 Å². The number of carbonyl (C=O) groups excluding carboxylic acids is 1. The molecule has 108 valence electrons. The molecule has 0 atom stereocenters. The largest absolute Gasteiger partial charge is 0.295 e. The van der Waals surface area contributed by atoms with Crippen molar-refractivity contribution in [3.8, 4) is 6.07 Å². The van der Waals surface area contributed by atoms with Crippen molar-refractivity contribution in [2.45, 2.75) is 20.8 Å². The highest BCUT2D eigenvalue weighted by atomic mass is 32.1. The van der Waals surface area contributed by atoms with Gasteiger partial charge in [0.1, 0.15) is 0 Å². The molecule has 0 bridgehead atoms. The molecule has 0 spiro atoms. The minimum atomic E-state index is -0.104. The molecule has 0 aliphatic rings. The van der Waals surface area contributed by atoms with Crippen LogP contribution < -0.4 is 0 Å². The van der Waals surface area contributed by atoms with Gasteiger partial charge < -0.3 is 0 Å². The van der Waals surface area contributed by atoms with Crippen molar-refractivity contribution in [2.75, 3.05) is 0 Å². The first kappa shape index (κ1) is 18.7. The SMILES string of the molecule is C=C(C=CC(=CC)C(=C)C(C#N)=CC(=C)C(C)=S)C(C)=O. The molecule has 0 aliphatic carbocycles. The number of rotatable bonds is 7. The third-order valence-electron chi connectivity index (χ3n) is 2.79. The summed E-state index contributed by atoms with van der Waals surface area (Å²) in [5.74, 6) is -0.104. The number of nitriles is 1. The second-order valence-electron chi connectivity index (χ2n) is 4.39. The second kappa shape index (κ2) is 8.78. The van der Waals surface area contributed by atoms with Crippen LogP contribution in [0.15, 0.2) is 71.9 Å². The lowest BCUT2D eigenvalue weighted by atomic mass is 9.97. The van der Waals surface area contributed by atoms with Crippen molar-refractivity contribution in [3.63, 3.8) is 0 Å². The van der Waals surface area contributed by atoms with Crippen LogP contribution in [0.3, 0.4) is 0 Å². The van der Waals surface area contributed by atoms with E-state index in [1.165, 1.54) is 6.92 Å². The second-order valence-corrected chi connectivity index (χ2v) is 5.00. The van der Waals surface area contributed by atoms with Crippen molar-refractivity contribution in [1.29, 1.82) is 5.26 Å². The van der Waals surface area contributed by atoms with Crippen LogP contribution in [-0.2, 0) is 4.79 Å². The molecule has 0 radical (unpaired) electrons. The third kappa shape index (κ3) is 6.11. The molecule has 0 unspecified atom stereocenters. The molecule has 0 aliphatic heterocycles. The Balaban J connectivity index is 5.41. The van der Waals surface area contributed by atoms with Gasteiger partial charge in [0.15, 0.2) is 5.78 Å². The van der Waals surface area contributed by atoms with Crippen LogP contribution >= 0.6 is 12.2 Å². The number of thiocarbonyl (C=S) groups is 1. The number of hydrogen-bond donors (Lipinski definition) is 0. The summed E-state index contributed by atoms with van der Waals surface area (Å²) in [7, 11) is 0. The summed E-state index contributed by atoms with van der Waals surface area (Å²) in [4.78, 5) is 11.8. The Morgan fingerprint density at radius 1 is 1.14 bits per heavy atom. The third-order valence-corrected chi connectivity index (χ3v) is 3.05. The summed E-state index contributed by atoms with van der Waals surface area (Å²) in [6.07, 6.45) is 6.74. The fraction of sp³-hybridized carbons (Fsp3) is 0.167. The normalized spacial score (nSPS) is 11.9. The predicted molar refractivity (Wildman–Crippen MR) is 93.0 cm³/mol. The van der Waals surface area contributed by atoms with E-state index >= 15 is 0 Å². The molecule has 0 aromatic heterocycles. The highest BCUT2D eigenvalue weighted by Crippen LogP contribution is 2.20. The topological polar surface area (TPSA) is 40.9 Å². The molecule has 0 N–H and O–H groups in total. The Hall–Kier alpha value is -2.31. The van der Waals surface area contributed by atoms with Gasteiger partial charge in [-0.2, -0.15) is 5.26 Å². The fourth-order valence-corrected chi connectivity index (χ4v) is 1.36. The van der Waals surface area contributed by atoms with Gasteiger partial charge in [-0.05, 0) is 43.6 Å². The van der Waals surface area contributed by atoms with Gasteiger partial charge in [0.05, 0.1) is 11.6 Å². The number of nitrogens with zero attached hydrogens (tertiary/aromatic N) is 1. The number of ketones is 1. The minimum Gasteiger partial charge on any atom is -0.295 e. The maximum atomic E-state index is 11.1. The fourth-order valence-electron chi connectivity index (χ4n) is 1.30. The monoisotopic (exact) mass is 297 g/mol. The van der Waals surface area contributed by atoms with Crippen molar-refractivity contribution in [2.24, 2.45) is 0 Å². The molecular formula is C18H19NOS. The molecule has 0 rings (SSSR count). The van der Waals surface area contributed by atoms with E-state index in [0.717, 1.165) is 5.57 Å². The van der Waals surface area contributed by atoms with Crippen LogP contribution in [0.4, 0.5) is 0 Å². The molecule has 3 heteroatoms. The van der Waals surface area contributed by atoms with E-state index in [1.807, 2.05) is 13.0 Å². The van der Waals surface area contributed by atoms with Gasteiger partial charge in [0.2, 0.25) is 0 Å². The van der Waals surface area contributed by atoms with Crippen molar-refractivity contribution in [1.82, 2.24) is 0 Å². The molecule has 21 heavy (non-hydrogen) atoms. The Labute approximate surface area is 132 Å². The van der Waals surface area contributed by atoms with Gasteiger partial charge in [-0.3, -0.25) is 4.79 Å². The van der Waals surface area contributed by atoms with Gasteiger partial charge in [0, 0.05) is 10.4 Å². The van der Waals surface area contributed by atoms with Crippen molar-refractivity contribution in [3.05, 3.63) is 71.9 Å². The Kier molecular flexibility index (Phi) is 7.81. The highest BCUT2D eigenvalue weighted by molar-refractivity contribution is 7.80. The lowest BCUT2D eigenvalue weighted by molar-refractivity contribution is -0.113. The van der Waals surface area contributed by atoms with E-state index in [-0.39, 0.29) is 5.78 Å². The van der Waals surface area contributed by atoms with Gasteiger partial charge >= 0.3 is 0 Å². The first-order valence-electron chi connectivity index (χ1n) is 6.30. The van der Waals surface area contributed by atoms with E-state index < -0.39 is 0 Å². The zero-order chi connectivity index (χ0) is 16.6. The number of allylic oxidation sites excluding steroid dienone is 9. The van der Waals surface area contributed by atoms with E-state index in [1.54, 1.807) is 25.2 Å². The molecular weight excluding hydrogens is 278 g/mol. The molecule has 0 aromatic carbocycles. The predicted octanol–water partition coefficient (Wildman–Crippen LogP) is 4.59. The molecule has 0 fully saturated rings. The van der Waals surface area contributed by atoms with Gasteiger partial charge in [0.25, 0.3) is 0 Å². The summed E-state index contributed by atoms with van der Waals surface area (Å²) in [6, 6.07) is 2.09. The van der Waals surface area contributed by atoms with Gasteiger partial charge in [-0.1, -0.05) is 50.2 Å². The number of carbonyl (C=O) groups is 1. The zero-order valence-corrected chi connectivity index (χ0v) is 13.5. The molecule has 2 nitrogen and oxygen atoms in total. The first-order valence-corrected chi connectivity index (χ1v) is 6.70. The average molecular weight is 297 g/mol. The van der Waals surface area contributed by atoms with E-state index in [2.05, 4.69) is 25.8 Å². The maximum Gasteiger partial charge on any atom is 0.159 e. The number of Topliss-reactive ketones (excluding diaryl/α,β-unsaturated/α-hetero) is 1. The van der Waals surface area contributed by atoms with Crippen LogP contribution in [0.2, 0.25) is 0 Å². The summed E-state index contributed by atoms with van der Waals surface area (Å²) < 4.78 is 0. The van der Waals surface area contributed by atoms with Crippen molar-refractivity contribution < 1.29 is 4.79 Å². The lowest BCUT2D eigenvalue weighted by Crippen LogP contribution is -1.95. The minimum absolute atomic E-state index is 0.104. The average Bonchev–Trinajstić information content (AvgIpc) is 2.43. The molecule has 0 heterocycles. The number of hydrogen-bond acceptors (Lipinski definition) is 3. The standard InChI is InChI=1S/C18H19NOS/c1-7-17(9-8-12(2)15(5)20)14(4)18(11-19)10-13(3)16(6)21/h7-10H,2-4H2,1,5-6H3. The van der Waals surface area contributed by atoms with Crippen LogP contribution in [-0.4, -0.2) is 10.6 Å². The Morgan fingerprint density at radius 2 is 1.71 bits per heavy atom. The summed E-state index contributed by atoms with van der Waals surface area (Å²) in [5, 5.41) is 9.25. The van der Waals surface area contributed by atoms with E-state index in [4.69, 9.17) is 12.2 Å². The van der Waals surface area contributed by atoms with Crippen LogP contribution in [0.25, 0.3) is 0 Å². The summed E-state index contributed by atoms with van der Waals surface area (Å²) in [5.41, 5.74) is 2.67. The quantitative estimate of drug-likeness (QED) is 0.299.